The Bertz CT molecular complexity index is 718. The van der Waals surface area contributed by atoms with Gasteiger partial charge in [-0.05, 0) is 29.5 Å². The Morgan fingerprint density at radius 3 is 2.39 bits per heavy atom. The first-order valence-electron chi connectivity index (χ1n) is 7.50. The van der Waals surface area contributed by atoms with Crippen LogP contribution in [0.5, 0.6) is 0 Å². The zero-order valence-corrected chi connectivity index (χ0v) is 12.4. The lowest BCUT2D eigenvalue weighted by atomic mass is 9.88. The van der Waals surface area contributed by atoms with Gasteiger partial charge in [0.2, 0.25) is 5.91 Å². The Hall–Kier alpha value is -2.30. The molecule has 23 heavy (non-hydrogen) atoms. The highest BCUT2D eigenvalue weighted by Crippen LogP contribution is 2.32. The van der Waals surface area contributed by atoms with E-state index in [9.17, 15) is 18.0 Å². The van der Waals surface area contributed by atoms with Crippen molar-refractivity contribution in [3.63, 3.8) is 0 Å². The number of carbonyl (C=O) groups is 1. The van der Waals surface area contributed by atoms with Crippen molar-refractivity contribution >= 4 is 5.91 Å². The molecule has 1 aliphatic heterocycles. The number of piperidine rings is 1. The molecule has 5 heteroatoms. The fourth-order valence-electron chi connectivity index (χ4n) is 2.97. The molecule has 0 radical (unpaired) electrons. The topological polar surface area (TPSA) is 20.3 Å². The number of rotatable bonds is 3. The second-order valence-electron chi connectivity index (χ2n) is 5.78. The minimum absolute atomic E-state index is 0.0802. The van der Waals surface area contributed by atoms with Crippen molar-refractivity contribution in [1.29, 1.82) is 0 Å². The van der Waals surface area contributed by atoms with Crippen LogP contribution in [0.1, 0.15) is 29.9 Å². The fourth-order valence-corrected chi connectivity index (χ4v) is 2.97. The summed E-state index contributed by atoms with van der Waals surface area (Å²) in [5.74, 6) is -3.60. The maximum absolute atomic E-state index is 13.9. The van der Waals surface area contributed by atoms with Crippen molar-refractivity contribution in [2.75, 3.05) is 6.54 Å². The molecule has 0 spiro atoms. The molecule has 3 rings (SSSR count). The molecule has 1 heterocycles. The monoisotopic (exact) mass is 319 g/mol. The van der Waals surface area contributed by atoms with Gasteiger partial charge in [0, 0.05) is 25.6 Å². The van der Waals surface area contributed by atoms with Crippen molar-refractivity contribution in [1.82, 2.24) is 4.90 Å². The quantitative estimate of drug-likeness (QED) is 0.783. The van der Waals surface area contributed by atoms with E-state index in [1.807, 2.05) is 30.3 Å². The first kappa shape index (κ1) is 15.6. The summed E-state index contributed by atoms with van der Waals surface area (Å²) in [6, 6.07) is 11.0. The molecule has 1 fully saturated rings. The highest BCUT2D eigenvalue weighted by molar-refractivity contribution is 5.78. The van der Waals surface area contributed by atoms with E-state index in [-0.39, 0.29) is 17.9 Å². The van der Waals surface area contributed by atoms with Gasteiger partial charge in [0.1, 0.15) is 5.82 Å². The maximum Gasteiger partial charge on any atom is 0.223 e. The van der Waals surface area contributed by atoms with Crippen LogP contribution >= 0.6 is 0 Å². The molecule has 0 N–H and O–H groups in total. The van der Waals surface area contributed by atoms with E-state index in [1.54, 1.807) is 4.90 Å². The highest BCUT2D eigenvalue weighted by atomic mass is 19.2. The summed E-state index contributed by atoms with van der Waals surface area (Å²) in [5, 5.41) is 0. The van der Waals surface area contributed by atoms with E-state index >= 15 is 0 Å². The largest absolute Gasteiger partial charge is 0.338 e. The molecule has 1 aliphatic rings. The molecular weight excluding hydrogens is 303 g/mol. The molecule has 2 aromatic carbocycles. The zero-order chi connectivity index (χ0) is 16.4. The van der Waals surface area contributed by atoms with E-state index in [4.69, 9.17) is 0 Å². The van der Waals surface area contributed by atoms with Crippen molar-refractivity contribution in [3.05, 3.63) is 71.0 Å². The average Bonchev–Trinajstić information content (AvgIpc) is 2.54. The second kappa shape index (κ2) is 6.44. The molecule has 1 atom stereocenters. The van der Waals surface area contributed by atoms with Crippen LogP contribution in [0.15, 0.2) is 42.5 Å². The lowest BCUT2D eigenvalue weighted by Gasteiger charge is -2.32. The summed E-state index contributed by atoms with van der Waals surface area (Å²) in [7, 11) is 0. The normalized spacial score (nSPS) is 18.3. The Labute approximate surface area is 132 Å². The van der Waals surface area contributed by atoms with Gasteiger partial charge in [-0.1, -0.05) is 30.3 Å². The molecule has 2 aromatic rings. The van der Waals surface area contributed by atoms with Crippen LogP contribution in [-0.2, 0) is 11.3 Å². The van der Waals surface area contributed by atoms with E-state index in [2.05, 4.69) is 0 Å². The van der Waals surface area contributed by atoms with E-state index in [0.29, 0.717) is 25.6 Å². The summed E-state index contributed by atoms with van der Waals surface area (Å²) in [5.41, 5.74) is 1.11. The van der Waals surface area contributed by atoms with E-state index in [1.165, 1.54) is 0 Å². The fraction of sp³-hybridized carbons (Fsp3) is 0.278. The van der Waals surface area contributed by atoms with Crippen molar-refractivity contribution in [2.24, 2.45) is 0 Å². The second-order valence-corrected chi connectivity index (χ2v) is 5.78. The number of nitrogens with zero attached hydrogens (tertiary/aromatic N) is 1. The molecule has 0 saturated carbocycles. The van der Waals surface area contributed by atoms with E-state index < -0.39 is 23.4 Å². The predicted molar refractivity (Wildman–Crippen MR) is 80.2 cm³/mol. The standard InChI is InChI=1S/C18H16F3NO/c19-15-10-17(21)16(20)9-14(15)13-6-7-22(18(23)8-13)11-12-4-2-1-3-5-12/h1-5,9-10,13H,6-8,11H2. The first-order valence-corrected chi connectivity index (χ1v) is 7.50. The van der Waals surface area contributed by atoms with Crippen LogP contribution in [0.4, 0.5) is 13.2 Å². The van der Waals surface area contributed by atoms with Crippen LogP contribution in [0.2, 0.25) is 0 Å². The number of amides is 1. The molecule has 0 aliphatic carbocycles. The summed E-state index contributed by atoms with van der Waals surface area (Å²) in [6.07, 6.45) is 0.634. The van der Waals surface area contributed by atoms with Gasteiger partial charge in [0.15, 0.2) is 11.6 Å². The number of benzene rings is 2. The van der Waals surface area contributed by atoms with Gasteiger partial charge in [0.25, 0.3) is 0 Å². The molecule has 1 saturated heterocycles. The first-order chi connectivity index (χ1) is 11.0. The van der Waals surface area contributed by atoms with Gasteiger partial charge in [-0.3, -0.25) is 4.79 Å². The number of halogens is 3. The van der Waals surface area contributed by atoms with E-state index in [0.717, 1.165) is 11.6 Å². The van der Waals surface area contributed by atoms with Gasteiger partial charge >= 0.3 is 0 Å². The van der Waals surface area contributed by atoms with Crippen LogP contribution in [-0.4, -0.2) is 17.4 Å². The minimum atomic E-state index is -1.21. The van der Waals surface area contributed by atoms with Crippen molar-refractivity contribution in [2.45, 2.75) is 25.3 Å². The molecule has 1 unspecified atom stereocenters. The third-order valence-electron chi connectivity index (χ3n) is 4.22. The molecule has 1 amide bonds. The Balaban J connectivity index is 1.71. The SMILES string of the molecule is O=C1CC(c2cc(F)c(F)cc2F)CCN1Cc1ccccc1. The van der Waals surface area contributed by atoms with Crippen LogP contribution in [0.25, 0.3) is 0 Å². The third-order valence-corrected chi connectivity index (χ3v) is 4.22. The summed E-state index contributed by atoms with van der Waals surface area (Å²) < 4.78 is 40.2. The smallest absolute Gasteiger partial charge is 0.223 e. The minimum Gasteiger partial charge on any atom is -0.338 e. The molecule has 120 valence electrons. The lowest BCUT2D eigenvalue weighted by Crippen LogP contribution is -2.37. The molecule has 2 nitrogen and oxygen atoms in total. The predicted octanol–water partition coefficient (Wildman–Crippen LogP) is 4.01. The number of hydrogen-bond donors (Lipinski definition) is 0. The van der Waals surface area contributed by atoms with Gasteiger partial charge in [-0.2, -0.15) is 0 Å². The van der Waals surface area contributed by atoms with Gasteiger partial charge < -0.3 is 4.90 Å². The van der Waals surface area contributed by atoms with Gasteiger partial charge in [-0.25, -0.2) is 13.2 Å². The Kier molecular flexibility index (Phi) is 4.37. The Morgan fingerprint density at radius 2 is 1.70 bits per heavy atom. The van der Waals surface area contributed by atoms with Gasteiger partial charge in [0.05, 0.1) is 0 Å². The number of hydrogen-bond acceptors (Lipinski definition) is 1. The summed E-state index contributed by atoms with van der Waals surface area (Å²) in [4.78, 5) is 14.0. The zero-order valence-electron chi connectivity index (χ0n) is 12.4. The summed E-state index contributed by atoms with van der Waals surface area (Å²) in [6.45, 7) is 0.976. The molecule has 0 aromatic heterocycles. The summed E-state index contributed by atoms with van der Waals surface area (Å²) >= 11 is 0. The molecular formula is C18H16F3NO. The van der Waals surface area contributed by atoms with Crippen LogP contribution in [0.3, 0.4) is 0 Å². The average molecular weight is 319 g/mol. The number of likely N-dealkylation sites (tertiary alicyclic amines) is 1. The van der Waals surface area contributed by atoms with Crippen LogP contribution in [0, 0.1) is 17.5 Å². The van der Waals surface area contributed by atoms with Crippen molar-refractivity contribution < 1.29 is 18.0 Å². The molecule has 0 bridgehead atoms. The highest BCUT2D eigenvalue weighted by Gasteiger charge is 2.29. The Morgan fingerprint density at radius 1 is 1.00 bits per heavy atom. The van der Waals surface area contributed by atoms with Crippen molar-refractivity contribution in [3.8, 4) is 0 Å². The third kappa shape index (κ3) is 3.38. The van der Waals surface area contributed by atoms with Crippen LogP contribution < -0.4 is 0 Å². The number of carbonyl (C=O) groups excluding carboxylic acids is 1. The van der Waals surface area contributed by atoms with Gasteiger partial charge in [-0.15, -0.1) is 0 Å². The lowest BCUT2D eigenvalue weighted by molar-refractivity contribution is -0.134. The maximum atomic E-state index is 13.9.